The number of nitrogen functional groups attached to an aromatic ring is 1. The van der Waals surface area contributed by atoms with E-state index in [0.29, 0.717) is 12.2 Å². The number of fused-ring (bicyclic) bond motifs is 1. The number of hydrogen-bond acceptors (Lipinski definition) is 3. The van der Waals surface area contributed by atoms with Crippen molar-refractivity contribution >= 4 is 32.8 Å². The Bertz CT molecular complexity index is 764. The second-order valence-electron chi connectivity index (χ2n) is 4.27. The van der Waals surface area contributed by atoms with Gasteiger partial charge in [-0.1, -0.05) is 34.1 Å². The Morgan fingerprint density at radius 2 is 2.10 bits per heavy atom. The van der Waals surface area contributed by atoms with Crippen LogP contribution in [0, 0.1) is 0 Å². The monoisotopic (exact) mass is 341 g/mol. The second-order valence-corrected chi connectivity index (χ2v) is 5.13. The zero-order chi connectivity index (χ0) is 14.3. The Hall–Kier alpha value is -1.96. The molecule has 2 heterocycles. The lowest BCUT2D eigenvalue weighted by molar-refractivity contribution is 0.146. The summed E-state index contributed by atoms with van der Waals surface area (Å²) in [5, 5.41) is 10.6. The van der Waals surface area contributed by atoms with Gasteiger partial charge in [-0.15, -0.1) is 0 Å². The van der Waals surface area contributed by atoms with E-state index < -0.39 is 6.43 Å². The molecule has 0 aliphatic carbocycles. The molecule has 20 heavy (non-hydrogen) atoms. The van der Waals surface area contributed by atoms with Gasteiger partial charge in [0.1, 0.15) is 11.5 Å². The number of nitrogens with one attached hydrogen (secondary N) is 1. The van der Waals surface area contributed by atoms with Gasteiger partial charge in [0.05, 0.1) is 11.9 Å². The van der Waals surface area contributed by atoms with E-state index in [9.17, 15) is 8.78 Å². The van der Waals surface area contributed by atoms with Gasteiger partial charge in [-0.25, -0.2) is 13.5 Å². The van der Waals surface area contributed by atoms with E-state index >= 15 is 0 Å². The van der Waals surface area contributed by atoms with E-state index in [-0.39, 0.29) is 16.9 Å². The minimum absolute atomic E-state index is 0.105. The summed E-state index contributed by atoms with van der Waals surface area (Å²) in [6.07, 6.45) is -2.70. The number of hydrogen-bond donors (Lipinski definition) is 2. The largest absolute Gasteiger partial charge is 0.383 e. The molecule has 0 saturated carbocycles. The van der Waals surface area contributed by atoms with Crippen LogP contribution in [-0.2, 0) is 6.54 Å². The molecule has 3 rings (SSSR count). The molecular weight excluding hydrogens is 332 g/mol. The van der Waals surface area contributed by atoms with Crippen molar-refractivity contribution in [2.45, 2.75) is 13.0 Å². The lowest BCUT2D eigenvalue weighted by atomic mass is 10.2. The fourth-order valence-corrected chi connectivity index (χ4v) is 2.47. The number of H-pyrrole nitrogens is 1. The molecule has 0 radical (unpaired) electrons. The quantitative estimate of drug-likeness (QED) is 0.768. The van der Waals surface area contributed by atoms with Gasteiger partial charge in [-0.05, 0) is 11.6 Å². The smallest absolute Gasteiger partial charge is 0.282 e. The molecule has 0 aliphatic rings. The second kappa shape index (κ2) is 4.86. The molecule has 0 amide bonds. The first kappa shape index (κ1) is 13.0. The summed E-state index contributed by atoms with van der Waals surface area (Å²) in [6.45, 7) is 0.328. The minimum Gasteiger partial charge on any atom is -0.383 e. The minimum atomic E-state index is -2.70. The van der Waals surface area contributed by atoms with Crippen LogP contribution in [0.15, 0.2) is 28.7 Å². The van der Waals surface area contributed by atoms with E-state index in [1.165, 1.54) is 4.68 Å². The summed E-state index contributed by atoms with van der Waals surface area (Å²) < 4.78 is 28.3. The first-order valence-corrected chi connectivity index (χ1v) is 6.59. The molecule has 3 N–H and O–H groups in total. The van der Waals surface area contributed by atoms with Crippen LogP contribution in [0.25, 0.3) is 11.0 Å². The third-order valence-electron chi connectivity index (χ3n) is 2.99. The van der Waals surface area contributed by atoms with Gasteiger partial charge in [0.15, 0.2) is 5.65 Å². The molecule has 0 aliphatic heterocycles. The Balaban J connectivity index is 2.11. The van der Waals surface area contributed by atoms with Crippen molar-refractivity contribution in [1.29, 1.82) is 0 Å². The first-order chi connectivity index (χ1) is 9.58. The van der Waals surface area contributed by atoms with Crippen LogP contribution in [-0.4, -0.2) is 20.0 Å². The highest BCUT2D eigenvalue weighted by atomic mass is 79.9. The van der Waals surface area contributed by atoms with Gasteiger partial charge in [-0.3, -0.25) is 5.10 Å². The van der Waals surface area contributed by atoms with Crippen LogP contribution in [0.2, 0.25) is 0 Å². The van der Waals surface area contributed by atoms with Crippen LogP contribution in [0.5, 0.6) is 0 Å². The van der Waals surface area contributed by atoms with Gasteiger partial charge in [-0.2, -0.15) is 10.2 Å². The summed E-state index contributed by atoms with van der Waals surface area (Å²) in [6, 6.07) is 7.51. The molecule has 8 heteroatoms. The summed E-state index contributed by atoms with van der Waals surface area (Å²) in [4.78, 5) is 0. The van der Waals surface area contributed by atoms with Crippen molar-refractivity contribution < 1.29 is 8.78 Å². The van der Waals surface area contributed by atoms with Gasteiger partial charge < -0.3 is 5.73 Å². The van der Waals surface area contributed by atoms with Crippen molar-refractivity contribution in [3.63, 3.8) is 0 Å². The molecule has 0 saturated heterocycles. The normalized spacial score (nSPS) is 11.6. The van der Waals surface area contributed by atoms with Gasteiger partial charge >= 0.3 is 0 Å². The zero-order valence-electron chi connectivity index (χ0n) is 10.1. The third-order valence-corrected chi connectivity index (χ3v) is 3.76. The summed E-state index contributed by atoms with van der Waals surface area (Å²) >= 11 is 3.42. The van der Waals surface area contributed by atoms with E-state index in [2.05, 4.69) is 31.2 Å². The highest BCUT2D eigenvalue weighted by Gasteiger charge is 2.23. The number of benzene rings is 1. The lowest BCUT2D eigenvalue weighted by Crippen LogP contribution is -2.04. The Labute approximate surface area is 120 Å². The van der Waals surface area contributed by atoms with E-state index in [0.717, 1.165) is 10.0 Å². The highest BCUT2D eigenvalue weighted by Crippen LogP contribution is 2.30. The van der Waals surface area contributed by atoms with Crippen molar-refractivity contribution in [1.82, 2.24) is 20.0 Å². The van der Waals surface area contributed by atoms with Crippen molar-refractivity contribution in [3.05, 3.63) is 40.0 Å². The average Bonchev–Trinajstić information content (AvgIpc) is 2.95. The predicted octanol–water partition coefficient (Wildman–Crippen LogP) is 3.09. The summed E-state index contributed by atoms with van der Waals surface area (Å²) in [5.41, 5.74) is 6.53. The van der Waals surface area contributed by atoms with Gasteiger partial charge in [0.25, 0.3) is 6.43 Å². The Morgan fingerprint density at radius 3 is 2.80 bits per heavy atom. The molecule has 104 valence electrons. The van der Waals surface area contributed by atoms with Crippen LogP contribution < -0.4 is 5.73 Å². The fraction of sp³-hybridized carbons (Fsp3) is 0.167. The molecule has 2 aromatic heterocycles. The van der Waals surface area contributed by atoms with Crippen molar-refractivity contribution in [3.8, 4) is 0 Å². The number of nitrogens with two attached hydrogens (primary N) is 1. The highest BCUT2D eigenvalue weighted by molar-refractivity contribution is 9.10. The molecule has 0 fully saturated rings. The first-order valence-electron chi connectivity index (χ1n) is 5.79. The van der Waals surface area contributed by atoms with Crippen LogP contribution >= 0.6 is 15.9 Å². The molecule has 1 aromatic carbocycles. The molecular formula is C12H10BrF2N5. The average molecular weight is 342 g/mol. The lowest BCUT2D eigenvalue weighted by Gasteiger charge is -2.04. The van der Waals surface area contributed by atoms with Crippen molar-refractivity contribution in [2.75, 3.05) is 5.73 Å². The van der Waals surface area contributed by atoms with E-state index in [4.69, 9.17) is 5.73 Å². The molecule has 0 spiro atoms. The Morgan fingerprint density at radius 1 is 1.35 bits per heavy atom. The van der Waals surface area contributed by atoms with Crippen LogP contribution in [0.4, 0.5) is 14.6 Å². The number of aromatic amines is 1. The predicted molar refractivity (Wildman–Crippen MR) is 74.5 cm³/mol. The summed E-state index contributed by atoms with van der Waals surface area (Å²) in [7, 11) is 0. The topological polar surface area (TPSA) is 72.5 Å². The number of nitrogens with zero attached hydrogens (tertiary/aromatic N) is 3. The number of aromatic nitrogens is 4. The SMILES string of the molecule is Nc1[nH]nc2c1c(C(F)F)nn2Cc1ccccc1Br. The maximum absolute atomic E-state index is 13.0. The molecule has 3 aromatic rings. The number of halogens is 3. The number of alkyl halides is 2. The maximum atomic E-state index is 13.0. The van der Waals surface area contributed by atoms with E-state index in [1.807, 2.05) is 24.3 Å². The van der Waals surface area contributed by atoms with Crippen LogP contribution in [0.3, 0.4) is 0 Å². The zero-order valence-corrected chi connectivity index (χ0v) is 11.7. The maximum Gasteiger partial charge on any atom is 0.282 e. The standard InChI is InChI=1S/C12H10BrF2N5/c13-7-4-2-1-3-6(7)5-20-12-8(11(16)17-18-12)9(19-20)10(14)15/h1-4,10H,5H2,(H3,16,17,18). The third kappa shape index (κ3) is 2.05. The number of anilines is 1. The molecule has 0 bridgehead atoms. The van der Waals surface area contributed by atoms with Gasteiger partial charge in [0, 0.05) is 4.47 Å². The summed E-state index contributed by atoms with van der Waals surface area (Å²) in [5.74, 6) is 0.105. The van der Waals surface area contributed by atoms with Gasteiger partial charge in [0.2, 0.25) is 0 Å². The molecule has 0 atom stereocenters. The molecule has 0 unspecified atom stereocenters. The fourth-order valence-electron chi connectivity index (χ4n) is 2.06. The van der Waals surface area contributed by atoms with E-state index in [1.54, 1.807) is 0 Å². The van der Waals surface area contributed by atoms with Crippen molar-refractivity contribution in [2.24, 2.45) is 0 Å². The molecule has 5 nitrogen and oxygen atoms in total. The Kier molecular flexibility index (Phi) is 3.17. The van der Waals surface area contributed by atoms with Crippen LogP contribution in [0.1, 0.15) is 17.7 Å². The number of rotatable bonds is 3.